The van der Waals surface area contributed by atoms with Gasteiger partial charge in [0.05, 0.1) is 57.9 Å². The van der Waals surface area contributed by atoms with Crippen molar-refractivity contribution in [1.29, 1.82) is 0 Å². The number of phosphoric ester groups is 1. The molecule has 1 aliphatic rings. The first-order valence-corrected chi connectivity index (χ1v) is 12.9. The number of nitrogens with one attached hydrogen (secondary N) is 1. The standard InChI is InChI=1S/C10H15N2O8P.C6H14O3.C4H11NO3/c1-5-3-12(10(15)11-9(5)14)8-2-6(13)7(20-8)4-19-21(16,17)18;1-2-6(3-7,4-8)5-9;5-4(1-6,2-7)3-8/h3,6-8,13H,2,4H2,1H3,(H,11,14,15)(H2,16,17,18);7-9H,2-5H2,1H3;6-8H,1-3,5H2/t6-,7+,8+;;/m0../s1. The van der Waals surface area contributed by atoms with Gasteiger partial charge in [-0.05, 0) is 13.3 Å². The number of hydrogen-bond donors (Lipinski definition) is 11. The maximum Gasteiger partial charge on any atom is 0.469 e. The van der Waals surface area contributed by atoms with E-state index < -0.39 is 74.9 Å². The smallest absolute Gasteiger partial charge is 0.396 e. The number of ether oxygens (including phenoxy) is 1. The van der Waals surface area contributed by atoms with E-state index in [0.29, 0.717) is 12.0 Å². The Morgan fingerprint density at radius 3 is 1.92 bits per heavy atom. The zero-order valence-electron chi connectivity index (χ0n) is 21.2. The van der Waals surface area contributed by atoms with Crippen molar-refractivity contribution in [1.82, 2.24) is 9.55 Å². The Hall–Kier alpha value is -1.57. The monoisotopic (exact) mass is 577 g/mol. The zero-order valence-corrected chi connectivity index (χ0v) is 22.1. The van der Waals surface area contributed by atoms with Gasteiger partial charge in [0.1, 0.15) is 12.3 Å². The number of rotatable bonds is 11. The Morgan fingerprint density at radius 1 is 1.08 bits per heavy atom. The number of aromatic nitrogens is 2. The summed E-state index contributed by atoms with van der Waals surface area (Å²) in [7, 11) is -4.67. The number of H-pyrrole nitrogens is 1. The number of aliphatic hydroxyl groups excluding tert-OH is 7. The lowest BCUT2D eigenvalue weighted by atomic mass is 9.88. The summed E-state index contributed by atoms with van der Waals surface area (Å²) >= 11 is 0. The molecule has 1 aromatic heterocycles. The van der Waals surface area contributed by atoms with Gasteiger partial charge in [0.2, 0.25) is 0 Å². The molecule has 3 atom stereocenters. The van der Waals surface area contributed by atoms with Crippen molar-refractivity contribution < 1.29 is 59.4 Å². The number of nitrogens with two attached hydrogens (primary N) is 1. The highest BCUT2D eigenvalue weighted by molar-refractivity contribution is 7.46. The summed E-state index contributed by atoms with van der Waals surface area (Å²) in [6, 6.07) is 0. The van der Waals surface area contributed by atoms with Crippen molar-refractivity contribution in [2.75, 3.05) is 46.2 Å². The van der Waals surface area contributed by atoms with Crippen LogP contribution >= 0.6 is 7.82 Å². The Labute approximate surface area is 218 Å². The fourth-order valence-electron chi connectivity index (χ4n) is 2.64. The topological polar surface area (TPSA) is 298 Å². The highest BCUT2D eigenvalue weighted by Crippen LogP contribution is 2.38. The minimum Gasteiger partial charge on any atom is -0.396 e. The van der Waals surface area contributed by atoms with E-state index in [9.17, 15) is 19.3 Å². The normalized spacial score (nSPS) is 19.8. The summed E-state index contributed by atoms with van der Waals surface area (Å²) in [5.74, 6) is 0. The molecule has 1 saturated heterocycles. The van der Waals surface area contributed by atoms with Crippen LogP contribution in [0.2, 0.25) is 0 Å². The molecule has 18 heteroatoms. The van der Waals surface area contributed by atoms with Crippen molar-refractivity contribution >= 4 is 7.82 Å². The summed E-state index contributed by atoms with van der Waals surface area (Å²) in [4.78, 5) is 42.3. The van der Waals surface area contributed by atoms with Crippen LogP contribution in [-0.2, 0) is 13.8 Å². The second kappa shape index (κ2) is 16.5. The molecular formula is C20H40N3O14P. The van der Waals surface area contributed by atoms with Gasteiger partial charge in [0.15, 0.2) is 0 Å². The summed E-state index contributed by atoms with van der Waals surface area (Å²) in [5.41, 5.74) is 2.35. The van der Waals surface area contributed by atoms with Gasteiger partial charge in [-0.3, -0.25) is 18.9 Å². The van der Waals surface area contributed by atoms with Crippen LogP contribution in [0.4, 0.5) is 0 Å². The third-order valence-electron chi connectivity index (χ3n) is 5.77. The molecule has 0 radical (unpaired) electrons. The van der Waals surface area contributed by atoms with Gasteiger partial charge in [-0.15, -0.1) is 0 Å². The van der Waals surface area contributed by atoms with E-state index in [0.717, 1.165) is 4.57 Å². The second-order valence-electron chi connectivity index (χ2n) is 8.86. The first-order valence-electron chi connectivity index (χ1n) is 11.4. The number of aryl methyl sites for hydroxylation is 1. The van der Waals surface area contributed by atoms with Crippen LogP contribution in [0.5, 0.6) is 0 Å². The van der Waals surface area contributed by atoms with Crippen LogP contribution in [0.25, 0.3) is 0 Å². The third-order valence-corrected chi connectivity index (χ3v) is 6.25. The Kier molecular flexibility index (Phi) is 15.8. The molecule has 17 nitrogen and oxygen atoms in total. The molecule has 2 heterocycles. The molecule has 1 aromatic rings. The average molecular weight is 578 g/mol. The summed E-state index contributed by atoms with van der Waals surface area (Å²) < 4.78 is 21.4. The lowest BCUT2D eigenvalue weighted by molar-refractivity contribution is -0.0451. The number of aliphatic hydroxyl groups is 7. The molecule has 0 bridgehead atoms. The fourth-order valence-corrected chi connectivity index (χ4v) is 2.98. The third kappa shape index (κ3) is 11.7. The Balaban J connectivity index is 0.000000667. The predicted molar refractivity (Wildman–Crippen MR) is 131 cm³/mol. The Bertz CT molecular complexity index is 947. The highest BCUT2D eigenvalue weighted by atomic mass is 31.2. The number of aromatic amines is 1. The van der Waals surface area contributed by atoms with Crippen molar-refractivity contribution in [3.63, 3.8) is 0 Å². The predicted octanol–water partition coefficient (Wildman–Crippen LogP) is -4.38. The second-order valence-corrected chi connectivity index (χ2v) is 10.1. The molecule has 0 aliphatic carbocycles. The van der Waals surface area contributed by atoms with E-state index in [4.69, 9.17) is 50.9 Å². The molecule has 0 amide bonds. The van der Waals surface area contributed by atoms with E-state index in [-0.39, 0.29) is 26.2 Å². The largest absolute Gasteiger partial charge is 0.469 e. The first kappa shape index (κ1) is 36.4. The van der Waals surface area contributed by atoms with E-state index in [1.807, 2.05) is 6.92 Å². The minimum atomic E-state index is -4.67. The molecule has 0 aromatic carbocycles. The number of phosphoric acid groups is 1. The summed E-state index contributed by atoms with van der Waals surface area (Å²) in [6.07, 6.45) is -0.974. The van der Waals surface area contributed by atoms with Gasteiger partial charge in [0.25, 0.3) is 5.56 Å². The van der Waals surface area contributed by atoms with Gasteiger partial charge in [-0.2, -0.15) is 0 Å². The highest BCUT2D eigenvalue weighted by Gasteiger charge is 2.37. The molecule has 1 fully saturated rings. The maximum atomic E-state index is 11.7. The Morgan fingerprint density at radius 2 is 1.58 bits per heavy atom. The number of hydrogen-bond acceptors (Lipinski definition) is 13. The van der Waals surface area contributed by atoms with Crippen LogP contribution in [0.15, 0.2) is 15.8 Å². The van der Waals surface area contributed by atoms with Gasteiger partial charge in [0, 0.05) is 23.6 Å². The molecule has 0 unspecified atom stereocenters. The summed E-state index contributed by atoms with van der Waals surface area (Å²) in [5, 5.41) is 60.8. The first-order chi connectivity index (χ1) is 17.6. The van der Waals surface area contributed by atoms with Gasteiger partial charge >= 0.3 is 13.5 Å². The number of nitrogens with zero attached hydrogens (tertiary/aromatic N) is 1. The lowest BCUT2D eigenvalue weighted by Gasteiger charge is -2.24. The molecule has 0 saturated carbocycles. The van der Waals surface area contributed by atoms with E-state index in [1.54, 1.807) is 0 Å². The van der Waals surface area contributed by atoms with Gasteiger partial charge in [-0.1, -0.05) is 6.92 Å². The summed E-state index contributed by atoms with van der Waals surface area (Å²) in [6.45, 7) is 1.14. The SMILES string of the molecule is CCC(CO)(CO)CO.Cc1cn([C@H]2C[C@H](O)[C@@H](COP(=O)(O)O)O2)c(=O)[nH]c1=O.NC(CO)(CO)CO. The molecule has 38 heavy (non-hydrogen) atoms. The van der Waals surface area contributed by atoms with E-state index >= 15 is 0 Å². The molecular weight excluding hydrogens is 537 g/mol. The van der Waals surface area contributed by atoms with Crippen molar-refractivity contribution in [3.05, 3.63) is 32.6 Å². The molecule has 0 spiro atoms. The molecule has 1 aliphatic heterocycles. The molecule has 12 N–H and O–H groups in total. The van der Waals surface area contributed by atoms with Crippen LogP contribution in [0.1, 0.15) is 31.6 Å². The van der Waals surface area contributed by atoms with Gasteiger partial charge in [-0.25, -0.2) is 9.36 Å². The van der Waals surface area contributed by atoms with Crippen molar-refractivity contribution in [3.8, 4) is 0 Å². The maximum absolute atomic E-state index is 11.7. The lowest BCUT2D eigenvalue weighted by Crippen LogP contribution is -2.50. The van der Waals surface area contributed by atoms with Crippen LogP contribution < -0.4 is 17.0 Å². The average Bonchev–Trinajstić information content (AvgIpc) is 3.26. The van der Waals surface area contributed by atoms with Crippen molar-refractivity contribution in [2.45, 2.75) is 50.7 Å². The van der Waals surface area contributed by atoms with Crippen molar-refractivity contribution in [2.24, 2.45) is 11.1 Å². The quantitative estimate of drug-likeness (QED) is 0.111. The van der Waals surface area contributed by atoms with Gasteiger partial charge < -0.3 is 56.0 Å². The van der Waals surface area contributed by atoms with E-state index in [2.05, 4.69) is 9.51 Å². The van der Waals surface area contributed by atoms with E-state index in [1.165, 1.54) is 13.1 Å². The fraction of sp³-hybridized carbons (Fsp3) is 0.800. The molecule has 2 rings (SSSR count). The minimum absolute atomic E-state index is 0.0283. The van der Waals surface area contributed by atoms with Crippen LogP contribution in [0, 0.1) is 12.3 Å². The zero-order chi connectivity index (χ0) is 29.7. The van der Waals surface area contributed by atoms with Crippen LogP contribution in [-0.4, -0.2) is 119 Å². The molecule has 224 valence electrons. The van der Waals surface area contributed by atoms with Crippen LogP contribution in [0.3, 0.4) is 0 Å².